The summed E-state index contributed by atoms with van der Waals surface area (Å²) in [7, 11) is 0. The normalized spacial score (nSPS) is 18.6. The minimum Gasteiger partial charge on any atom is -0.463 e. The van der Waals surface area contributed by atoms with E-state index in [1.54, 1.807) is 12.1 Å². The van der Waals surface area contributed by atoms with Crippen molar-refractivity contribution in [1.82, 2.24) is 0 Å². The van der Waals surface area contributed by atoms with E-state index in [-0.39, 0.29) is 38.0 Å². The highest BCUT2D eigenvalue weighted by Crippen LogP contribution is 2.44. The molecule has 0 bridgehead atoms. The number of halogens is 5. The van der Waals surface area contributed by atoms with Crippen molar-refractivity contribution < 1.29 is 36.2 Å². The zero-order valence-corrected chi connectivity index (χ0v) is 20.3. The lowest BCUT2D eigenvalue weighted by molar-refractivity contribution is -0.237. The lowest BCUT2D eigenvalue weighted by Crippen LogP contribution is -2.39. The van der Waals surface area contributed by atoms with E-state index in [0.29, 0.717) is 23.4 Å². The van der Waals surface area contributed by atoms with Crippen molar-refractivity contribution >= 4 is 23.4 Å². The van der Waals surface area contributed by atoms with Gasteiger partial charge in [0.1, 0.15) is 5.75 Å². The summed E-state index contributed by atoms with van der Waals surface area (Å²) >= 11 is 0. The Balaban J connectivity index is 1.39. The van der Waals surface area contributed by atoms with Crippen LogP contribution in [0, 0.1) is 11.8 Å². The molecule has 202 valence electrons. The van der Waals surface area contributed by atoms with Gasteiger partial charge in [-0.2, -0.15) is 22.0 Å². The number of ether oxygens (including phenoxy) is 2. The second-order valence-corrected chi connectivity index (χ2v) is 9.24. The van der Waals surface area contributed by atoms with E-state index in [1.165, 1.54) is 36.4 Å². The summed E-state index contributed by atoms with van der Waals surface area (Å²) in [5, 5.41) is 0. The summed E-state index contributed by atoms with van der Waals surface area (Å²) in [6, 6.07) is 11.0. The average molecular weight is 527 g/mol. The Hall–Kier alpha value is -3.30. The maximum Gasteiger partial charge on any atom is 0.400 e. The number of hydrogen-bond acceptors (Lipinski definition) is 5. The van der Waals surface area contributed by atoms with E-state index in [9.17, 15) is 26.7 Å². The molecular weight excluding hydrogens is 495 g/mol. The molecule has 1 aliphatic carbocycles. The quantitative estimate of drug-likeness (QED) is 0.117. The molecule has 0 aliphatic heterocycles. The first-order chi connectivity index (χ1) is 17.4. The van der Waals surface area contributed by atoms with E-state index in [4.69, 9.17) is 20.9 Å². The van der Waals surface area contributed by atoms with Gasteiger partial charge in [0.25, 0.3) is 0 Å². The van der Waals surface area contributed by atoms with Gasteiger partial charge in [0.2, 0.25) is 0 Å². The van der Waals surface area contributed by atoms with Crippen LogP contribution in [0.3, 0.4) is 0 Å². The van der Waals surface area contributed by atoms with Crippen LogP contribution >= 0.6 is 0 Å². The first kappa shape index (κ1) is 28.3. The minimum absolute atomic E-state index is 0.107. The molecule has 1 aliphatic rings. The van der Waals surface area contributed by atoms with Crippen LogP contribution in [0.25, 0.3) is 6.08 Å². The molecule has 0 aromatic heterocycles. The topological polar surface area (TPSA) is 87.6 Å². The van der Waals surface area contributed by atoms with Crippen LogP contribution in [0.15, 0.2) is 48.5 Å². The molecule has 10 heteroatoms. The highest BCUT2D eigenvalue weighted by atomic mass is 19.4. The molecule has 0 radical (unpaired) electrons. The van der Waals surface area contributed by atoms with Crippen LogP contribution in [0.2, 0.25) is 0 Å². The Morgan fingerprint density at radius 3 is 2.19 bits per heavy atom. The van der Waals surface area contributed by atoms with Crippen molar-refractivity contribution in [2.75, 3.05) is 18.1 Å². The van der Waals surface area contributed by atoms with Crippen LogP contribution in [0.5, 0.6) is 5.75 Å². The fourth-order valence-electron chi connectivity index (χ4n) is 4.29. The smallest absolute Gasteiger partial charge is 0.400 e. The van der Waals surface area contributed by atoms with Crippen molar-refractivity contribution in [3.8, 4) is 5.75 Å². The van der Waals surface area contributed by atoms with Gasteiger partial charge in [0.15, 0.2) is 0 Å². The predicted molar refractivity (Wildman–Crippen MR) is 132 cm³/mol. The summed E-state index contributed by atoms with van der Waals surface area (Å²) < 4.78 is 77.3. The van der Waals surface area contributed by atoms with Gasteiger partial charge in [-0.15, -0.1) is 0 Å². The minimum atomic E-state index is -4.36. The molecule has 0 spiro atoms. The van der Waals surface area contributed by atoms with Gasteiger partial charge >= 0.3 is 18.3 Å². The molecule has 1 fully saturated rings. The highest BCUT2D eigenvalue weighted by molar-refractivity contribution is 5.87. The van der Waals surface area contributed by atoms with Crippen LogP contribution in [0.4, 0.5) is 33.3 Å². The fourth-order valence-corrected chi connectivity index (χ4v) is 4.29. The summed E-state index contributed by atoms with van der Waals surface area (Å²) in [5.74, 6) is -3.45. The van der Waals surface area contributed by atoms with Crippen molar-refractivity contribution in [1.29, 1.82) is 0 Å². The Bertz CT molecular complexity index is 1060. The molecule has 0 saturated heterocycles. The molecule has 2 aromatic carbocycles. The lowest BCUT2D eigenvalue weighted by atomic mass is 9.81. The van der Waals surface area contributed by atoms with Gasteiger partial charge in [0.05, 0.1) is 18.4 Å². The number of alkyl halides is 5. The first-order valence-corrected chi connectivity index (χ1v) is 12.2. The number of nitrogens with two attached hydrogens (primary N) is 2. The van der Waals surface area contributed by atoms with E-state index in [1.807, 2.05) is 6.07 Å². The molecule has 0 unspecified atom stereocenters. The Labute approximate surface area is 212 Å². The molecule has 1 saturated carbocycles. The van der Waals surface area contributed by atoms with Gasteiger partial charge in [-0.3, -0.25) is 0 Å². The van der Waals surface area contributed by atoms with Crippen LogP contribution in [-0.4, -0.2) is 24.9 Å². The second kappa shape index (κ2) is 12.3. The van der Waals surface area contributed by atoms with Crippen molar-refractivity contribution in [2.45, 2.75) is 57.2 Å². The summed E-state index contributed by atoms with van der Waals surface area (Å²) in [4.78, 5) is 11.9. The van der Waals surface area contributed by atoms with Crippen LogP contribution in [-0.2, 0) is 16.0 Å². The molecule has 4 N–H and O–H groups in total. The van der Waals surface area contributed by atoms with Crippen LogP contribution in [0.1, 0.15) is 49.7 Å². The third-order valence-corrected chi connectivity index (χ3v) is 6.47. The van der Waals surface area contributed by atoms with E-state index in [2.05, 4.69) is 0 Å². The zero-order chi connectivity index (χ0) is 27.1. The van der Waals surface area contributed by atoms with Gasteiger partial charge in [0, 0.05) is 17.5 Å². The molecule has 0 atom stereocenters. The third kappa shape index (κ3) is 8.65. The number of aryl methyl sites for hydroxylation is 1. The molecule has 3 rings (SSSR count). The number of anilines is 2. The zero-order valence-electron chi connectivity index (χ0n) is 20.3. The molecule has 37 heavy (non-hydrogen) atoms. The Kier molecular flexibility index (Phi) is 9.39. The molecule has 2 aromatic rings. The standard InChI is InChI=1S/C27H31F5N2O3/c28-26(29,30)20-8-10-21(11-9-20)27(31,32)37-23-13-4-18(5-14-23)6-15-25(35)36-16-2-1-3-19-7-12-22(33)17-24(19)34/h4-7,12-15,17,20-21H,1-3,8-11,16,33-34H2/b15-6+. The number of hydrogen-bond donors (Lipinski definition) is 2. The van der Waals surface area contributed by atoms with Gasteiger partial charge < -0.3 is 20.9 Å². The number of benzene rings is 2. The molecule has 0 amide bonds. The number of nitrogen functional groups attached to an aromatic ring is 2. The maximum absolute atomic E-state index is 14.5. The average Bonchev–Trinajstić information content (AvgIpc) is 2.84. The monoisotopic (exact) mass is 526 g/mol. The Morgan fingerprint density at radius 2 is 1.57 bits per heavy atom. The first-order valence-electron chi connectivity index (χ1n) is 12.2. The highest BCUT2D eigenvalue weighted by Gasteiger charge is 2.48. The van der Waals surface area contributed by atoms with E-state index >= 15 is 0 Å². The SMILES string of the molecule is Nc1ccc(CCCCOC(=O)/C=C/c2ccc(OC(F)(F)C3CCC(C(F)(F)F)CC3)cc2)c(N)c1. The van der Waals surface area contributed by atoms with Crippen LogP contribution < -0.4 is 16.2 Å². The van der Waals surface area contributed by atoms with Crippen molar-refractivity contribution in [3.63, 3.8) is 0 Å². The third-order valence-electron chi connectivity index (χ3n) is 6.47. The van der Waals surface area contributed by atoms with E-state index < -0.39 is 30.1 Å². The summed E-state index contributed by atoms with van der Waals surface area (Å²) in [6.45, 7) is 0.241. The summed E-state index contributed by atoms with van der Waals surface area (Å²) in [6.07, 6.45) is -4.20. The van der Waals surface area contributed by atoms with Gasteiger partial charge in [-0.1, -0.05) is 18.2 Å². The number of carbonyl (C=O) groups is 1. The number of rotatable bonds is 10. The van der Waals surface area contributed by atoms with Gasteiger partial charge in [-0.05, 0) is 86.4 Å². The van der Waals surface area contributed by atoms with Gasteiger partial charge in [-0.25, -0.2) is 4.79 Å². The molecule has 0 heterocycles. The summed E-state index contributed by atoms with van der Waals surface area (Å²) in [5.41, 5.74) is 14.4. The number of unbranched alkanes of at least 4 members (excludes halogenated alkanes) is 1. The fraction of sp³-hybridized carbons (Fsp3) is 0.444. The van der Waals surface area contributed by atoms with E-state index in [0.717, 1.165) is 18.4 Å². The van der Waals surface area contributed by atoms with Crippen molar-refractivity contribution in [3.05, 3.63) is 59.7 Å². The van der Waals surface area contributed by atoms with Crippen molar-refractivity contribution in [2.24, 2.45) is 11.8 Å². The Morgan fingerprint density at radius 1 is 0.919 bits per heavy atom. The maximum atomic E-state index is 14.5. The molecule has 5 nitrogen and oxygen atoms in total. The molecular formula is C27H31F5N2O3. The number of carbonyl (C=O) groups excluding carboxylic acids is 1. The largest absolute Gasteiger partial charge is 0.463 e. The number of esters is 1. The lowest BCUT2D eigenvalue weighted by Gasteiger charge is -2.33. The predicted octanol–water partition coefficient (Wildman–Crippen LogP) is 6.77. The second-order valence-electron chi connectivity index (χ2n) is 9.24.